The van der Waals surface area contributed by atoms with Crippen LogP contribution in [-0.2, 0) is 4.79 Å². The number of nitrogens with zero attached hydrogens (tertiary/aromatic N) is 2. The summed E-state index contributed by atoms with van der Waals surface area (Å²) >= 11 is 6.29. The summed E-state index contributed by atoms with van der Waals surface area (Å²) in [5.41, 5.74) is 1.50. The molecule has 0 radical (unpaired) electrons. The second-order valence-electron chi connectivity index (χ2n) is 6.14. The van der Waals surface area contributed by atoms with E-state index >= 15 is 0 Å². The second kappa shape index (κ2) is 9.23. The Hall–Kier alpha value is -2.55. The molecular weight excluding hydrogens is 350 g/mol. The smallest absolute Gasteiger partial charge is 0.260 e. The number of nitriles is 1. The second-order valence-corrected chi connectivity index (χ2v) is 6.55. The maximum Gasteiger partial charge on any atom is 0.260 e. The highest BCUT2D eigenvalue weighted by atomic mass is 35.5. The minimum absolute atomic E-state index is 0.0465. The fourth-order valence-corrected chi connectivity index (χ4v) is 2.78. The third-order valence-electron chi connectivity index (χ3n) is 4.02. The first-order valence-electron chi connectivity index (χ1n) is 8.27. The van der Waals surface area contributed by atoms with Gasteiger partial charge < -0.3 is 15.0 Å². The Morgan fingerprint density at radius 3 is 2.46 bits per heavy atom. The van der Waals surface area contributed by atoms with Crippen LogP contribution in [0, 0.1) is 11.3 Å². The number of carbonyl (C=O) groups excluding carboxylic acids is 1. The van der Waals surface area contributed by atoms with Crippen molar-refractivity contribution in [3.05, 3.63) is 64.7 Å². The van der Waals surface area contributed by atoms with Gasteiger partial charge in [-0.15, -0.1) is 0 Å². The number of nitrogens with one attached hydrogen (secondary N) is 1. The Morgan fingerprint density at radius 1 is 1.23 bits per heavy atom. The molecule has 1 amide bonds. The van der Waals surface area contributed by atoms with Crippen molar-refractivity contribution in [2.75, 3.05) is 20.6 Å². The van der Waals surface area contributed by atoms with Gasteiger partial charge in [-0.1, -0.05) is 29.8 Å². The molecule has 2 aromatic carbocycles. The first kappa shape index (κ1) is 19.8. The fraction of sp³-hybridized carbons (Fsp3) is 0.300. The predicted octanol–water partition coefficient (Wildman–Crippen LogP) is 3.40. The Labute approximate surface area is 159 Å². The molecule has 2 atom stereocenters. The van der Waals surface area contributed by atoms with Crippen molar-refractivity contribution in [1.82, 2.24) is 10.2 Å². The van der Waals surface area contributed by atoms with Gasteiger partial charge in [0.2, 0.25) is 0 Å². The van der Waals surface area contributed by atoms with E-state index in [-0.39, 0.29) is 11.9 Å². The SMILES string of the molecule is CC(Oc1ccc(C#N)cc1)C(=O)NCC(c1ccccc1Cl)N(C)C. The van der Waals surface area contributed by atoms with E-state index in [9.17, 15) is 4.79 Å². The Kier molecular flexibility index (Phi) is 7.02. The van der Waals surface area contributed by atoms with Crippen molar-refractivity contribution in [2.45, 2.75) is 19.1 Å². The highest BCUT2D eigenvalue weighted by Crippen LogP contribution is 2.25. The van der Waals surface area contributed by atoms with Gasteiger partial charge in [0.1, 0.15) is 5.75 Å². The molecule has 0 spiro atoms. The van der Waals surface area contributed by atoms with Crippen LogP contribution in [0.5, 0.6) is 5.75 Å². The van der Waals surface area contributed by atoms with Crippen LogP contribution in [0.4, 0.5) is 0 Å². The van der Waals surface area contributed by atoms with E-state index in [4.69, 9.17) is 21.6 Å². The molecular formula is C20H22ClN3O2. The first-order chi connectivity index (χ1) is 12.4. The van der Waals surface area contributed by atoms with Crippen molar-refractivity contribution in [3.8, 4) is 11.8 Å². The molecule has 0 aliphatic heterocycles. The molecule has 0 aromatic heterocycles. The summed E-state index contributed by atoms with van der Waals surface area (Å²) in [6, 6.07) is 16.3. The molecule has 0 fully saturated rings. The van der Waals surface area contributed by atoms with Gasteiger partial charge in [0.25, 0.3) is 5.91 Å². The summed E-state index contributed by atoms with van der Waals surface area (Å²) in [4.78, 5) is 14.4. The van der Waals surface area contributed by atoms with E-state index in [0.717, 1.165) is 5.56 Å². The lowest BCUT2D eigenvalue weighted by molar-refractivity contribution is -0.127. The molecule has 2 unspecified atom stereocenters. The maximum absolute atomic E-state index is 12.4. The third kappa shape index (κ3) is 5.22. The first-order valence-corrected chi connectivity index (χ1v) is 8.65. The molecule has 2 aromatic rings. The van der Waals surface area contributed by atoms with Crippen LogP contribution < -0.4 is 10.1 Å². The lowest BCUT2D eigenvalue weighted by atomic mass is 10.1. The van der Waals surface area contributed by atoms with Crippen molar-refractivity contribution in [1.29, 1.82) is 5.26 Å². The van der Waals surface area contributed by atoms with Gasteiger partial charge in [-0.25, -0.2) is 0 Å². The quantitative estimate of drug-likeness (QED) is 0.810. The molecule has 0 aliphatic carbocycles. The van der Waals surface area contributed by atoms with E-state index in [1.54, 1.807) is 31.2 Å². The Morgan fingerprint density at radius 2 is 1.88 bits per heavy atom. The zero-order valence-corrected chi connectivity index (χ0v) is 15.8. The number of halogens is 1. The average molecular weight is 372 g/mol. The topological polar surface area (TPSA) is 65.4 Å². The van der Waals surface area contributed by atoms with Crippen LogP contribution in [0.3, 0.4) is 0 Å². The predicted molar refractivity (Wildman–Crippen MR) is 102 cm³/mol. The van der Waals surface area contributed by atoms with Gasteiger partial charge in [-0.05, 0) is 56.9 Å². The number of carbonyl (C=O) groups is 1. The van der Waals surface area contributed by atoms with E-state index in [0.29, 0.717) is 22.9 Å². The average Bonchev–Trinajstić information content (AvgIpc) is 2.63. The molecule has 0 saturated carbocycles. The summed E-state index contributed by atoms with van der Waals surface area (Å²) < 4.78 is 5.64. The van der Waals surface area contributed by atoms with Gasteiger partial charge in [0.05, 0.1) is 17.7 Å². The molecule has 0 saturated heterocycles. The van der Waals surface area contributed by atoms with Crippen molar-refractivity contribution < 1.29 is 9.53 Å². The van der Waals surface area contributed by atoms with Crippen molar-refractivity contribution >= 4 is 17.5 Å². The fourth-order valence-electron chi connectivity index (χ4n) is 2.52. The van der Waals surface area contributed by atoms with Gasteiger partial charge in [0, 0.05) is 11.6 Å². The lowest BCUT2D eigenvalue weighted by Gasteiger charge is -2.26. The minimum atomic E-state index is -0.656. The highest BCUT2D eigenvalue weighted by molar-refractivity contribution is 6.31. The number of hydrogen-bond donors (Lipinski definition) is 1. The summed E-state index contributed by atoms with van der Waals surface area (Å²) in [5, 5.41) is 12.4. The number of likely N-dealkylation sites (N-methyl/N-ethyl adjacent to an activating group) is 1. The molecule has 1 N–H and O–H groups in total. The standard InChI is InChI=1S/C20H22ClN3O2/c1-14(26-16-10-8-15(12-22)9-11-16)20(25)23-13-19(24(2)3)17-6-4-5-7-18(17)21/h4-11,14,19H,13H2,1-3H3,(H,23,25). The maximum atomic E-state index is 12.4. The zero-order valence-electron chi connectivity index (χ0n) is 15.1. The molecule has 0 bridgehead atoms. The van der Waals surface area contributed by atoms with Crippen LogP contribution >= 0.6 is 11.6 Å². The third-order valence-corrected chi connectivity index (χ3v) is 4.37. The summed E-state index contributed by atoms with van der Waals surface area (Å²) in [6.07, 6.45) is -0.656. The van der Waals surface area contributed by atoms with E-state index in [1.165, 1.54) is 0 Å². The van der Waals surface area contributed by atoms with Gasteiger partial charge in [-0.3, -0.25) is 4.79 Å². The minimum Gasteiger partial charge on any atom is -0.481 e. The summed E-state index contributed by atoms with van der Waals surface area (Å²) in [5.74, 6) is 0.329. The van der Waals surface area contributed by atoms with Crippen LogP contribution in [-0.4, -0.2) is 37.6 Å². The number of benzene rings is 2. The molecule has 0 heterocycles. The van der Waals surface area contributed by atoms with E-state index in [2.05, 4.69) is 5.32 Å². The van der Waals surface area contributed by atoms with Crippen LogP contribution in [0.1, 0.15) is 24.1 Å². The largest absolute Gasteiger partial charge is 0.481 e. The summed E-state index contributed by atoms with van der Waals surface area (Å²) in [7, 11) is 3.88. The van der Waals surface area contributed by atoms with Crippen molar-refractivity contribution in [3.63, 3.8) is 0 Å². The van der Waals surface area contributed by atoms with Crippen molar-refractivity contribution in [2.24, 2.45) is 0 Å². The zero-order chi connectivity index (χ0) is 19.1. The normalized spacial score (nSPS) is 12.9. The summed E-state index contributed by atoms with van der Waals surface area (Å²) in [6.45, 7) is 2.10. The monoisotopic (exact) mass is 371 g/mol. The molecule has 5 nitrogen and oxygen atoms in total. The Balaban J connectivity index is 1.96. The Bertz CT molecular complexity index is 784. The molecule has 26 heavy (non-hydrogen) atoms. The van der Waals surface area contributed by atoms with E-state index in [1.807, 2.05) is 49.3 Å². The van der Waals surface area contributed by atoms with Gasteiger partial charge >= 0.3 is 0 Å². The number of ether oxygens (including phenoxy) is 1. The van der Waals surface area contributed by atoms with Crippen LogP contribution in [0.25, 0.3) is 0 Å². The number of amides is 1. The van der Waals surface area contributed by atoms with E-state index < -0.39 is 6.10 Å². The van der Waals surface area contributed by atoms with Crippen LogP contribution in [0.15, 0.2) is 48.5 Å². The number of hydrogen-bond acceptors (Lipinski definition) is 4. The molecule has 2 rings (SSSR count). The van der Waals surface area contributed by atoms with Gasteiger partial charge in [0.15, 0.2) is 6.10 Å². The molecule has 0 aliphatic rings. The molecule has 6 heteroatoms. The van der Waals surface area contributed by atoms with Crippen LogP contribution in [0.2, 0.25) is 5.02 Å². The lowest BCUT2D eigenvalue weighted by Crippen LogP contribution is -2.41. The number of rotatable bonds is 7. The highest BCUT2D eigenvalue weighted by Gasteiger charge is 2.20. The van der Waals surface area contributed by atoms with Gasteiger partial charge in [-0.2, -0.15) is 5.26 Å². The molecule has 136 valence electrons.